The smallest absolute Gasteiger partial charge is 0.192 e. The summed E-state index contributed by atoms with van der Waals surface area (Å²) in [4.78, 5) is 6.56. The normalized spacial score (nSPS) is 10.2. The van der Waals surface area contributed by atoms with Gasteiger partial charge in [-0.25, -0.2) is 4.99 Å². The van der Waals surface area contributed by atoms with Crippen molar-refractivity contribution < 1.29 is 0 Å². The first kappa shape index (κ1) is 18.6. The molecule has 4 nitrogen and oxygen atoms in total. The first-order valence-corrected chi connectivity index (χ1v) is 6.39. The van der Waals surface area contributed by atoms with Crippen molar-refractivity contribution >= 4 is 35.6 Å². The highest BCUT2D eigenvalue weighted by Gasteiger charge is 1.98. The molecule has 0 radical (unpaired) electrons. The van der Waals surface area contributed by atoms with Gasteiger partial charge in [0.05, 0.1) is 13.1 Å². The van der Waals surface area contributed by atoms with Crippen LogP contribution in [-0.2, 0) is 6.54 Å². The third-order valence-corrected chi connectivity index (χ3v) is 2.57. The fourth-order valence-electron chi connectivity index (χ4n) is 1.55. The van der Waals surface area contributed by atoms with Gasteiger partial charge < -0.3 is 15.5 Å². The molecule has 0 bridgehead atoms. The van der Waals surface area contributed by atoms with Crippen molar-refractivity contribution in [3.8, 4) is 12.3 Å². The predicted molar refractivity (Wildman–Crippen MR) is 97.8 cm³/mol. The van der Waals surface area contributed by atoms with Crippen LogP contribution in [0.4, 0.5) is 5.69 Å². The summed E-state index contributed by atoms with van der Waals surface area (Å²) in [5.74, 6) is 3.28. The minimum absolute atomic E-state index is 0. The van der Waals surface area contributed by atoms with Crippen LogP contribution >= 0.6 is 24.0 Å². The van der Waals surface area contributed by atoms with Crippen LogP contribution in [0.3, 0.4) is 0 Å². The summed E-state index contributed by atoms with van der Waals surface area (Å²) in [6.07, 6.45) is 5.23. The number of terminal acetylenes is 1. The van der Waals surface area contributed by atoms with E-state index in [9.17, 15) is 0 Å². The van der Waals surface area contributed by atoms with E-state index in [1.807, 2.05) is 21.0 Å². The van der Waals surface area contributed by atoms with Crippen LogP contribution in [0.5, 0.6) is 0 Å². The second kappa shape index (κ2) is 10.4. The molecule has 0 aliphatic heterocycles. The zero-order valence-electron chi connectivity index (χ0n) is 12.3. The lowest BCUT2D eigenvalue weighted by molar-refractivity contribution is 0.865. The van der Waals surface area contributed by atoms with Crippen LogP contribution in [-0.4, -0.2) is 33.1 Å². The third-order valence-electron chi connectivity index (χ3n) is 2.57. The van der Waals surface area contributed by atoms with Crippen LogP contribution in [0.15, 0.2) is 29.3 Å². The Balaban J connectivity index is 0.00000361. The Morgan fingerprint density at radius 3 is 2.40 bits per heavy atom. The number of hydrogen-bond acceptors (Lipinski definition) is 2. The Bertz CT molecular complexity index is 446. The van der Waals surface area contributed by atoms with Gasteiger partial charge in [-0.15, -0.1) is 30.4 Å². The lowest BCUT2D eigenvalue weighted by Gasteiger charge is -2.12. The largest absolute Gasteiger partial charge is 0.378 e. The topological polar surface area (TPSA) is 39.7 Å². The maximum atomic E-state index is 5.23. The molecule has 0 unspecified atom stereocenters. The molecule has 0 aromatic heterocycles. The lowest BCUT2D eigenvalue weighted by Crippen LogP contribution is -2.37. The number of nitrogens with zero attached hydrogens (tertiary/aromatic N) is 2. The predicted octanol–water partition coefficient (Wildman–Crippen LogP) is 2.06. The first-order chi connectivity index (χ1) is 9.17. The van der Waals surface area contributed by atoms with Crippen LogP contribution in [0.2, 0.25) is 0 Å². The zero-order valence-corrected chi connectivity index (χ0v) is 14.6. The van der Waals surface area contributed by atoms with Crippen LogP contribution in [0.1, 0.15) is 12.5 Å². The maximum absolute atomic E-state index is 5.23. The summed E-state index contributed by atoms with van der Waals surface area (Å²) in [5, 5.41) is 6.22. The molecule has 1 rings (SSSR count). The number of anilines is 1. The summed E-state index contributed by atoms with van der Waals surface area (Å²) >= 11 is 0. The number of hydrogen-bond donors (Lipinski definition) is 2. The van der Waals surface area contributed by atoms with Gasteiger partial charge in [-0.1, -0.05) is 18.1 Å². The van der Waals surface area contributed by atoms with Crippen molar-refractivity contribution in [1.82, 2.24) is 10.6 Å². The van der Waals surface area contributed by atoms with E-state index in [0.717, 1.165) is 12.5 Å². The highest BCUT2D eigenvalue weighted by Crippen LogP contribution is 2.12. The number of halogens is 1. The number of benzene rings is 1. The van der Waals surface area contributed by atoms with Crippen molar-refractivity contribution in [3.05, 3.63) is 29.8 Å². The molecule has 0 aliphatic carbocycles. The van der Waals surface area contributed by atoms with E-state index in [1.54, 1.807) is 0 Å². The first-order valence-electron chi connectivity index (χ1n) is 6.39. The molecule has 5 heteroatoms. The van der Waals surface area contributed by atoms with Gasteiger partial charge in [-0.05, 0) is 24.6 Å². The molecule has 2 N–H and O–H groups in total. The number of nitrogens with one attached hydrogen (secondary N) is 2. The number of aliphatic imine (C=N–C) groups is 1. The fraction of sp³-hybridized carbons (Fsp3) is 0.400. The Kier molecular flexibility index (Phi) is 9.64. The Morgan fingerprint density at radius 2 is 1.90 bits per heavy atom. The van der Waals surface area contributed by atoms with E-state index < -0.39 is 0 Å². The molecule has 0 heterocycles. The molecule has 0 spiro atoms. The summed E-state index contributed by atoms with van der Waals surface area (Å²) in [7, 11) is 4.06. The van der Waals surface area contributed by atoms with Crippen LogP contribution in [0, 0.1) is 12.3 Å². The Labute approximate surface area is 139 Å². The molecule has 1 aromatic rings. The molecular weight excluding hydrogens is 363 g/mol. The van der Waals surface area contributed by atoms with Crippen molar-refractivity contribution in [2.24, 2.45) is 4.99 Å². The van der Waals surface area contributed by atoms with Crippen LogP contribution in [0.25, 0.3) is 0 Å². The average Bonchev–Trinajstić information content (AvgIpc) is 2.42. The van der Waals surface area contributed by atoms with E-state index >= 15 is 0 Å². The van der Waals surface area contributed by atoms with Gasteiger partial charge in [-0.3, -0.25) is 0 Å². The molecule has 0 atom stereocenters. The van der Waals surface area contributed by atoms with Gasteiger partial charge in [0, 0.05) is 26.3 Å². The van der Waals surface area contributed by atoms with Crippen molar-refractivity contribution in [2.45, 2.75) is 13.5 Å². The SMILES string of the molecule is C#CCNC(=NCc1ccc(N(C)C)cc1)NCC.I. The Hall–Kier alpha value is -1.42. The van der Waals surface area contributed by atoms with Gasteiger partial charge in [0.1, 0.15) is 0 Å². The van der Waals surface area contributed by atoms with Gasteiger partial charge in [0.15, 0.2) is 5.96 Å². The van der Waals surface area contributed by atoms with E-state index in [1.165, 1.54) is 11.3 Å². The number of guanidine groups is 1. The summed E-state index contributed by atoms with van der Waals surface area (Å²) < 4.78 is 0. The standard InChI is InChI=1S/C15H22N4.HI/c1-5-11-17-15(16-6-2)18-12-13-7-9-14(10-8-13)19(3)4;/h1,7-10H,6,11-12H2,2-4H3,(H2,16,17,18);1H. The van der Waals surface area contributed by atoms with E-state index in [0.29, 0.717) is 13.1 Å². The average molecular weight is 386 g/mol. The lowest BCUT2D eigenvalue weighted by atomic mass is 10.2. The highest BCUT2D eigenvalue weighted by atomic mass is 127. The number of rotatable bonds is 5. The van der Waals surface area contributed by atoms with Gasteiger partial charge in [0.2, 0.25) is 0 Å². The fourth-order valence-corrected chi connectivity index (χ4v) is 1.55. The van der Waals surface area contributed by atoms with E-state index in [-0.39, 0.29) is 24.0 Å². The van der Waals surface area contributed by atoms with Gasteiger partial charge >= 0.3 is 0 Å². The minimum Gasteiger partial charge on any atom is -0.378 e. The van der Waals surface area contributed by atoms with Gasteiger partial charge in [0.25, 0.3) is 0 Å². The molecule has 0 fully saturated rings. The third kappa shape index (κ3) is 6.66. The van der Waals surface area contributed by atoms with Crippen molar-refractivity contribution in [3.63, 3.8) is 0 Å². The van der Waals surface area contributed by atoms with E-state index in [4.69, 9.17) is 6.42 Å². The molecular formula is C15H23IN4. The Morgan fingerprint density at radius 1 is 1.25 bits per heavy atom. The molecule has 1 aromatic carbocycles. The zero-order chi connectivity index (χ0) is 14.1. The molecule has 0 saturated heterocycles. The second-order valence-electron chi connectivity index (χ2n) is 4.31. The summed E-state index contributed by atoms with van der Waals surface area (Å²) in [6, 6.07) is 8.35. The van der Waals surface area contributed by atoms with E-state index in [2.05, 4.69) is 50.7 Å². The van der Waals surface area contributed by atoms with Crippen LogP contribution < -0.4 is 15.5 Å². The van der Waals surface area contributed by atoms with Crippen molar-refractivity contribution in [2.75, 3.05) is 32.1 Å². The molecule has 110 valence electrons. The molecule has 20 heavy (non-hydrogen) atoms. The van der Waals surface area contributed by atoms with Gasteiger partial charge in [-0.2, -0.15) is 0 Å². The highest BCUT2D eigenvalue weighted by molar-refractivity contribution is 14.0. The summed E-state index contributed by atoms with van der Waals surface area (Å²) in [6.45, 7) is 3.95. The molecule has 0 saturated carbocycles. The summed E-state index contributed by atoms with van der Waals surface area (Å²) in [5.41, 5.74) is 2.36. The second-order valence-corrected chi connectivity index (χ2v) is 4.31. The molecule has 0 amide bonds. The minimum atomic E-state index is 0. The quantitative estimate of drug-likeness (QED) is 0.352. The van der Waals surface area contributed by atoms with Crippen molar-refractivity contribution in [1.29, 1.82) is 0 Å². The molecule has 0 aliphatic rings. The maximum Gasteiger partial charge on any atom is 0.192 e. The monoisotopic (exact) mass is 386 g/mol.